The van der Waals surface area contributed by atoms with Crippen molar-refractivity contribution < 1.29 is 29.0 Å². The Hall–Kier alpha value is -4.00. The van der Waals surface area contributed by atoms with Crippen LogP contribution in [0, 0.1) is 0 Å². The van der Waals surface area contributed by atoms with Gasteiger partial charge in [0, 0.05) is 5.69 Å². The van der Waals surface area contributed by atoms with Gasteiger partial charge in [-0.15, -0.1) is 0 Å². The van der Waals surface area contributed by atoms with E-state index in [0.29, 0.717) is 17.0 Å². The van der Waals surface area contributed by atoms with Crippen LogP contribution in [0.25, 0.3) is 0 Å². The molecule has 7 nitrogen and oxygen atoms in total. The summed E-state index contributed by atoms with van der Waals surface area (Å²) < 4.78 is 10.3. The van der Waals surface area contributed by atoms with E-state index in [9.17, 15) is 19.8 Å². The normalized spacial score (nSPS) is 16.4. The van der Waals surface area contributed by atoms with Crippen molar-refractivity contribution in [3.8, 4) is 11.5 Å². The van der Waals surface area contributed by atoms with Crippen LogP contribution in [0.5, 0.6) is 11.5 Å². The molecule has 0 radical (unpaired) electrons. The highest BCUT2D eigenvalue weighted by Gasteiger charge is 2.45. The Morgan fingerprint density at radius 1 is 1.07 bits per heavy atom. The van der Waals surface area contributed by atoms with Crippen molar-refractivity contribution in [2.75, 3.05) is 12.0 Å². The van der Waals surface area contributed by atoms with Gasteiger partial charge in [-0.25, -0.2) is 0 Å². The Morgan fingerprint density at radius 2 is 1.83 bits per heavy atom. The van der Waals surface area contributed by atoms with Crippen LogP contribution in [-0.2, 0) is 4.79 Å². The number of nitrogens with zero attached hydrogens (tertiary/aromatic N) is 1. The van der Waals surface area contributed by atoms with Gasteiger partial charge < -0.3 is 19.4 Å². The standard InChI is InChI=1S/C22H17NO6/c1-28-16-9-7-14(8-10-16)23-19(13-4-2-5-15(24)12-13)18(21(26)22(23)27)20(25)17-6-3-11-29-17/h2-12,19,24,26H,1H3. The zero-order chi connectivity index (χ0) is 20.5. The Balaban J connectivity index is 1.87. The lowest BCUT2D eigenvalue weighted by Crippen LogP contribution is -2.31. The Morgan fingerprint density at radius 3 is 2.45 bits per heavy atom. The molecule has 7 heteroatoms. The molecule has 0 fully saturated rings. The number of aliphatic hydroxyl groups excluding tert-OH is 1. The number of aromatic hydroxyl groups is 1. The largest absolute Gasteiger partial charge is 0.508 e. The summed E-state index contributed by atoms with van der Waals surface area (Å²) in [6, 6.07) is 14.9. The van der Waals surface area contributed by atoms with Crippen molar-refractivity contribution in [2.45, 2.75) is 6.04 Å². The van der Waals surface area contributed by atoms with Crippen LogP contribution in [0.3, 0.4) is 0 Å². The van der Waals surface area contributed by atoms with E-state index in [4.69, 9.17) is 9.15 Å². The van der Waals surface area contributed by atoms with Gasteiger partial charge in [0.2, 0.25) is 5.78 Å². The molecule has 1 amide bonds. The van der Waals surface area contributed by atoms with Crippen molar-refractivity contribution in [1.82, 2.24) is 0 Å². The molecule has 146 valence electrons. The average Bonchev–Trinajstić information content (AvgIpc) is 3.35. The number of ketones is 1. The number of rotatable bonds is 5. The quantitative estimate of drug-likeness (QED) is 0.642. The van der Waals surface area contributed by atoms with E-state index in [-0.39, 0.29) is 17.1 Å². The number of aliphatic hydroxyl groups is 1. The van der Waals surface area contributed by atoms with E-state index in [1.807, 2.05) is 0 Å². The number of furan rings is 1. The summed E-state index contributed by atoms with van der Waals surface area (Å²) >= 11 is 0. The number of phenolic OH excluding ortho intramolecular Hbond substituents is 1. The summed E-state index contributed by atoms with van der Waals surface area (Å²) in [5.74, 6) is -1.42. The zero-order valence-electron chi connectivity index (χ0n) is 15.4. The predicted octanol–water partition coefficient (Wildman–Crippen LogP) is 3.78. The van der Waals surface area contributed by atoms with E-state index in [1.54, 1.807) is 42.5 Å². The Kier molecular flexibility index (Phi) is 4.56. The number of methoxy groups -OCH3 is 1. The van der Waals surface area contributed by atoms with Crippen LogP contribution in [0.2, 0.25) is 0 Å². The summed E-state index contributed by atoms with van der Waals surface area (Å²) in [6.45, 7) is 0. The maximum absolute atomic E-state index is 13.0. The van der Waals surface area contributed by atoms with Crippen LogP contribution in [-0.4, -0.2) is 29.0 Å². The molecule has 1 aliphatic heterocycles. The first-order valence-corrected chi connectivity index (χ1v) is 8.79. The molecule has 0 saturated carbocycles. The van der Waals surface area contributed by atoms with Crippen LogP contribution in [0.4, 0.5) is 5.69 Å². The molecule has 2 aromatic carbocycles. The Labute approximate surface area is 166 Å². The number of carbonyl (C=O) groups excluding carboxylic acids is 2. The smallest absolute Gasteiger partial charge is 0.294 e. The van der Waals surface area contributed by atoms with Crippen molar-refractivity contribution in [1.29, 1.82) is 0 Å². The number of phenols is 1. The number of Topliss-reactive ketones (excluding diaryl/α,β-unsaturated/α-hetero) is 1. The van der Waals surface area contributed by atoms with E-state index in [2.05, 4.69) is 0 Å². The number of hydrogen-bond donors (Lipinski definition) is 2. The lowest BCUT2D eigenvalue weighted by atomic mass is 9.94. The van der Waals surface area contributed by atoms with E-state index in [0.717, 1.165) is 0 Å². The minimum absolute atomic E-state index is 0.00100. The lowest BCUT2D eigenvalue weighted by Gasteiger charge is -2.27. The van der Waals surface area contributed by atoms with Gasteiger partial charge in [0.25, 0.3) is 5.91 Å². The molecular weight excluding hydrogens is 374 g/mol. The molecule has 3 aromatic rings. The van der Waals surface area contributed by atoms with Gasteiger partial charge in [-0.2, -0.15) is 0 Å². The topological polar surface area (TPSA) is 100 Å². The third-order valence-electron chi connectivity index (χ3n) is 4.73. The van der Waals surface area contributed by atoms with Gasteiger partial charge in [-0.05, 0) is 54.1 Å². The van der Waals surface area contributed by atoms with E-state index < -0.39 is 23.5 Å². The summed E-state index contributed by atoms with van der Waals surface area (Å²) in [5.41, 5.74) is 0.803. The molecule has 0 aliphatic carbocycles. The highest BCUT2D eigenvalue weighted by molar-refractivity contribution is 6.20. The van der Waals surface area contributed by atoms with E-state index >= 15 is 0 Å². The summed E-state index contributed by atoms with van der Waals surface area (Å²) in [4.78, 5) is 27.3. The molecule has 1 aromatic heterocycles. The second-order valence-corrected chi connectivity index (χ2v) is 6.44. The fraction of sp³-hybridized carbons (Fsp3) is 0.0909. The molecule has 0 spiro atoms. The molecular formula is C22H17NO6. The second-order valence-electron chi connectivity index (χ2n) is 6.44. The van der Waals surface area contributed by atoms with E-state index in [1.165, 1.54) is 36.5 Å². The predicted molar refractivity (Wildman–Crippen MR) is 104 cm³/mol. The first-order valence-electron chi connectivity index (χ1n) is 8.79. The minimum atomic E-state index is -0.944. The van der Waals surface area contributed by atoms with Crippen LogP contribution >= 0.6 is 0 Å². The van der Waals surface area contributed by atoms with Gasteiger partial charge in [0.15, 0.2) is 11.5 Å². The maximum Gasteiger partial charge on any atom is 0.294 e. The summed E-state index contributed by atoms with van der Waals surface area (Å²) in [6.07, 6.45) is 1.34. The fourth-order valence-corrected chi connectivity index (χ4v) is 3.40. The lowest BCUT2D eigenvalue weighted by molar-refractivity contribution is -0.117. The molecule has 0 saturated heterocycles. The number of hydrogen-bond acceptors (Lipinski definition) is 6. The van der Waals surface area contributed by atoms with Crippen molar-refractivity contribution in [3.05, 3.63) is 89.6 Å². The molecule has 29 heavy (non-hydrogen) atoms. The maximum atomic E-state index is 13.0. The number of benzene rings is 2. The van der Waals surface area contributed by atoms with Gasteiger partial charge in [-0.1, -0.05) is 12.1 Å². The molecule has 2 N–H and O–H groups in total. The van der Waals surface area contributed by atoms with Crippen molar-refractivity contribution in [2.24, 2.45) is 0 Å². The monoisotopic (exact) mass is 391 g/mol. The van der Waals surface area contributed by atoms with Crippen LogP contribution in [0.1, 0.15) is 22.2 Å². The van der Waals surface area contributed by atoms with Gasteiger partial charge >= 0.3 is 0 Å². The number of amides is 1. The molecule has 1 aliphatic rings. The third kappa shape index (κ3) is 3.12. The number of anilines is 1. The fourth-order valence-electron chi connectivity index (χ4n) is 3.40. The third-order valence-corrected chi connectivity index (χ3v) is 4.73. The minimum Gasteiger partial charge on any atom is -0.508 e. The van der Waals surface area contributed by atoms with Gasteiger partial charge in [0.05, 0.1) is 25.0 Å². The first kappa shape index (κ1) is 18.4. The zero-order valence-corrected chi connectivity index (χ0v) is 15.4. The summed E-state index contributed by atoms with van der Waals surface area (Å²) in [7, 11) is 1.53. The molecule has 1 unspecified atom stereocenters. The molecule has 2 heterocycles. The second kappa shape index (κ2) is 7.20. The highest BCUT2D eigenvalue weighted by Crippen LogP contribution is 2.42. The molecule has 1 atom stereocenters. The number of ether oxygens (including phenoxy) is 1. The van der Waals surface area contributed by atoms with Crippen molar-refractivity contribution in [3.63, 3.8) is 0 Å². The molecule has 4 rings (SSSR count). The SMILES string of the molecule is COc1ccc(N2C(=O)C(O)=C(C(=O)c3ccco3)C2c2cccc(O)c2)cc1. The van der Waals surface area contributed by atoms with Gasteiger partial charge in [0.1, 0.15) is 11.5 Å². The van der Waals surface area contributed by atoms with Crippen LogP contribution < -0.4 is 9.64 Å². The van der Waals surface area contributed by atoms with Crippen molar-refractivity contribution >= 4 is 17.4 Å². The van der Waals surface area contributed by atoms with Gasteiger partial charge in [-0.3, -0.25) is 14.5 Å². The highest BCUT2D eigenvalue weighted by atomic mass is 16.5. The average molecular weight is 391 g/mol. The Bertz CT molecular complexity index is 1100. The first-order chi connectivity index (χ1) is 14.0. The van der Waals surface area contributed by atoms with Crippen LogP contribution in [0.15, 0.2) is 82.7 Å². The molecule has 0 bridgehead atoms. The number of carbonyl (C=O) groups is 2. The summed E-state index contributed by atoms with van der Waals surface area (Å²) in [5, 5.41) is 20.5.